The molecule has 2 atom stereocenters. The summed E-state index contributed by atoms with van der Waals surface area (Å²) in [5, 5.41) is 16.5. The van der Waals surface area contributed by atoms with Crippen LogP contribution in [-0.2, 0) is 17.8 Å². The molecule has 0 radical (unpaired) electrons. The number of nitrogens with one attached hydrogen (secondary N) is 2. The molecule has 1 saturated carbocycles. The fourth-order valence-corrected chi connectivity index (χ4v) is 5.83. The Bertz CT molecular complexity index is 1280. The van der Waals surface area contributed by atoms with Gasteiger partial charge in [0.1, 0.15) is 29.2 Å². The van der Waals surface area contributed by atoms with Gasteiger partial charge in [0.05, 0.1) is 17.3 Å². The predicted molar refractivity (Wildman–Crippen MR) is 134 cm³/mol. The van der Waals surface area contributed by atoms with Crippen molar-refractivity contribution in [2.45, 2.75) is 77.4 Å². The number of H-pyrrole nitrogens is 1. The zero-order valence-electron chi connectivity index (χ0n) is 21.3. The number of aliphatic carboxylic acids is 1. The molecule has 2 fully saturated rings. The number of hydrogen-bond acceptors (Lipinski definition) is 6. The summed E-state index contributed by atoms with van der Waals surface area (Å²) in [7, 11) is 0. The fraction of sp³-hybridized carbons (Fsp3) is 0.556. The lowest BCUT2D eigenvalue weighted by Crippen LogP contribution is -2.36. The minimum absolute atomic E-state index is 0.161. The van der Waals surface area contributed by atoms with Crippen LogP contribution in [0, 0.1) is 17.7 Å². The van der Waals surface area contributed by atoms with Crippen molar-refractivity contribution in [3.05, 3.63) is 46.9 Å². The number of aromatic amines is 1. The van der Waals surface area contributed by atoms with E-state index in [9.17, 15) is 14.7 Å². The van der Waals surface area contributed by atoms with Crippen LogP contribution in [-0.4, -0.2) is 49.6 Å². The first-order valence-electron chi connectivity index (χ1n) is 13.2. The van der Waals surface area contributed by atoms with Gasteiger partial charge >= 0.3 is 5.97 Å². The first kappa shape index (κ1) is 25.4. The van der Waals surface area contributed by atoms with Gasteiger partial charge in [0.15, 0.2) is 5.82 Å². The maximum atomic E-state index is 15.6. The Hall–Kier alpha value is -3.27. The molecule has 5 rings (SSSR count). The molecule has 3 N–H and O–H groups in total. The van der Waals surface area contributed by atoms with Gasteiger partial charge in [-0.05, 0) is 56.6 Å². The van der Waals surface area contributed by atoms with Crippen molar-refractivity contribution in [3.63, 3.8) is 0 Å². The topological polar surface area (TPSA) is 124 Å². The van der Waals surface area contributed by atoms with Crippen molar-refractivity contribution in [3.8, 4) is 0 Å². The Morgan fingerprint density at radius 3 is 2.78 bits per heavy atom. The maximum Gasteiger partial charge on any atom is 0.320 e. The van der Waals surface area contributed by atoms with E-state index in [2.05, 4.69) is 27.4 Å². The highest BCUT2D eigenvalue weighted by molar-refractivity contribution is 5.95. The Morgan fingerprint density at radius 1 is 1.27 bits per heavy atom. The third kappa shape index (κ3) is 5.12. The molecule has 1 unspecified atom stereocenters. The summed E-state index contributed by atoms with van der Waals surface area (Å²) in [6.07, 6.45) is 7.28. The molecule has 1 aromatic carbocycles. The number of likely N-dealkylation sites (tertiary alicyclic amines) is 1. The monoisotopic (exact) mass is 511 g/mol. The van der Waals surface area contributed by atoms with Crippen LogP contribution in [0.5, 0.6) is 0 Å². The molecule has 0 bridgehead atoms. The Kier molecular flexibility index (Phi) is 7.28. The second kappa shape index (κ2) is 10.6. The molecule has 2 aromatic heterocycles. The second-order valence-electron chi connectivity index (χ2n) is 10.5. The molecule has 10 heteroatoms. The van der Waals surface area contributed by atoms with Crippen LogP contribution in [0.2, 0.25) is 0 Å². The van der Waals surface area contributed by atoms with E-state index in [1.165, 1.54) is 6.26 Å². The van der Waals surface area contributed by atoms with Crippen LogP contribution >= 0.6 is 0 Å². The lowest BCUT2D eigenvalue weighted by atomic mass is 9.79. The number of benzene rings is 1. The van der Waals surface area contributed by atoms with Crippen LogP contribution < -0.4 is 5.32 Å². The predicted octanol–water partition coefficient (Wildman–Crippen LogP) is 4.60. The smallest absolute Gasteiger partial charge is 0.320 e. The zero-order chi connectivity index (χ0) is 26.1. The van der Waals surface area contributed by atoms with Gasteiger partial charge in [0.25, 0.3) is 5.91 Å². The van der Waals surface area contributed by atoms with Crippen LogP contribution in [0.25, 0.3) is 11.0 Å². The molecule has 3 aromatic rings. The van der Waals surface area contributed by atoms with E-state index in [1.54, 1.807) is 17.0 Å². The van der Waals surface area contributed by atoms with E-state index in [0.717, 1.165) is 32.1 Å². The average Bonchev–Trinajstić information content (AvgIpc) is 3.64. The number of rotatable bonds is 8. The van der Waals surface area contributed by atoms with Crippen molar-refractivity contribution in [1.29, 1.82) is 0 Å². The number of fused-ring (bicyclic) bond motifs is 1. The number of hydrogen-bond donors (Lipinski definition) is 3. The van der Waals surface area contributed by atoms with Crippen LogP contribution in [0.15, 0.2) is 22.9 Å². The number of carbonyl (C=O) groups excluding carboxylic acids is 1. The Morgan fingerprint density at radius 2 is 2.05 bits per heavy atom. The molecule has 3 heterocycles. The summed E-state index contributed by atoms with van der Waals surface area (Å²) < 4.78 is 20.7. The molecular formula is C27H34FN5O4. The number of halogens is 1. The van der Waals surface area contributed by atoms with Crippen molar-refractivity contribution in [2.75, 3.05) is 6.54 Å². The molecule has 198 valence electrons. The molecule has 1 saturated heterocycles. The third-order valence-corrected chi connectivity index (χ3v) is 8.05. The Labute approximate surface area is 214 Å². The maximum absolute atomic E-state index is 15.6. The number of carboxylic acids is 1. The second-order valence-corrected chi connectivity index (χ2v) is 10.5. The summed E-state index contributed by atoms with van der Waals surface area (Å²) in [4.78, 5) is 34.5. The van der Waals surface area contributed by atoms with E-state index >= 15 is 4.39 Å². The van der Waals surface area contributed by atoms with E-state index in [1.807, 2.05) is 6.92 Å². The van der Waals surface area contributed by atoms with E-state index in [-0.39, 0.29) is 23.9 Å². The van der Waals surface area contributed by atoms with Gasteiger partial charge in [0.2, 0.25) is 0 Å². The van der Waals surface area contributed by atoms with Crippen LogP contribution in [0.4, 0.5) is 4.39 Å². The summed E-state index contributed by atoms with van der Waals surface area (Å²) in [5.41, 5.74) is 2.18. The third-order valence-electron chi connectivity index (χ3n) is 8.05. The fourth-order valence-electron chi connectivity index (χ4n) is 5.83. The minimum Gasteiger partial charge on any atom is -0.480 e. The van der Waals surface area contributed by atoms with Gasteiger partial charge in [0, 0.05) is 12.1 Å². The molecule has 1 aliphatic carbocycles. The highest BCUT2D eigenvalue weighted by Gasteiger charge is 2.33. The largest absolute Gasteiger partial charge is 0.480 e. The minimum atomic E-state index is -0.875. The van der Waals surface area contributed by atoms with Crippen molar-refractivity contribution in [2.24, 2.45) is 11.8 Å². The van der Waals surface area contributed by atoms with Crippen molar-refractivity contribution >= 4 is 22.9 Å². The van der Waals surface area contributed by atoms with Gasteiger partial charge in [-0.25, -0.2) is 9.37 Å². The zero-order valence-corrected chi connectivity index (χ0v) is 21.3. The number of carboxylic acid groups (broad SMARTS) is 1. The highest BCUT2D eigenvalue weighted by Crippen LogP contribution is 2.37. The lowest BCUT2D eigenvalue weighted by molar-refractivity contribution is -0.142. The van der Waals surface area contributed by atoms with Crippen molar-refractivity contribution in [1.82, 2.24) is 25.3 Å². The molecule has 2 aliphatic rings. The van der Waals surface area contributed by atoms with E-state index < -0.39 is 23.9 Å². The molecule has 1 aliphatic heterocycles. The van der Waals surface area contributed by atoms with Gasteiger partial charge in [-0.3, -0.25) is 14.5 Å². The summed E-state index contributed by atoms with van der Waals surface area (Å²) in [6.45, 7) is 4.99. The van der Waals surface area contributed by atoms with Gasteiger partial charge in [-0.2, -0.15) is 0 Å². The SMILES string of the molecule is CCc1nocc1C(=O)NC(c1nc2c(F)c(CN3CCC[C@H]3C(=O)O)ccc2[nH]1)C1CCC(C)CC1. The first-order valence-corrected chi connectivity index (χ1v) is 13.2. The number of nitrogens with zero attached hydrogens (tertiary/aromatic N) is 3. The lowest BCUT2D eigenvalue weighted by Gasteiger charge is -2.32. The number of aryl methyl sites for hydroxylation is 1. The Balaban J connectivity index is 1.44. The molecular weight excluding hydrogens is 477 g/mol. The van der Waals surface area contributed by atoms with E-state index in [0.29, 0.717) is 53.5 Å². The molecule has 0 spiro atoms. The van der Waals surface area contributed by atoms with E-state index in [4.69, 9.17) is 4.52 Å². The first-order chi connectivity index (χ1) is 17.9. The summed E-state index contributed by atoms with van der Waals surface area (Å²) in [5.74, 6) is -0.288. The molecule has 9 nitrogen and oxygen atoms in total. The number of carbonyl (C=O) groups is 2. The number of amides is 1. The average molecular weight is 512 g/mol. The quantitative estimate of drug-likeness (QED) is 0.404. The van der Waals surface area contributed by atoms with Crippen LogP contribution in [0.1, 0.15) is 85.9 Å². The normalized spacial score (nSPS) is 23.4. The van der Waals surface area contributed by atoms with Gasteiger partial charge in [-0.1, -0.05) is 37.9 Å². The van der Waals surface area contributed by atoms with Gasteiger partial charge < -0.3 is 19.9 Å². The highest BCUT2D eigenvalue weighted by atomic mass is 19.1. The number of aromatic nitrogens is 3. The van der Waals surface area contributed by atoms with Crippen LogP contribution in [0.3, 0.4) is 0 Å². The molecule has 37 heavy (non-hydrogen) atoms. The number of imidazole rings is 1. The van der Waals surface area contributed by atoms with Gasteiger partial charge in [-0.15, -0.1) is 0 Å². The van der Waals surface area contributed by atoms with Crippen molar-refractivity contribution < 1.29 is 23.6 Å². The summed E-state index contributed by atoms with van der Waals surface area (Å²) in [6, 6.07) is 2.47. The summed E-state index contributed by atoms with van der Waals surface area (Å²) >= 11 is 0. The molecule has 1 amide bonds. The standard InChI is InChI=1S/C27H34FN5O4/c1-3-19-18(14-37-32-19)26(34)31-23(16-8-6-15(2)7-9-16)25-29-20-11-10-17(22(28)24(20)30-25)13-33-12-4-5-21(33)27(35)36/h10-11,14-16,21,23H,3-9,12-13H2,1-2H3,(H,29,30)(H,31,34)(H,35,36)/t15?,16?,21-,23?/m0/s1.